The molecule has 0 bridgehead atoms. The van der Waals surface area contributed by atoms with Crippen LogP contribution >= 0.6 is 23.2 Å². The minimum absolute atomic E-state index is 0.120. The average molecular weight is 621 g/mol. The lowest BCUT2D eigenvalue weighted by Gasteiger charge is -2.34. The highest BCUT2D eigenvalue weighted by atomic mass is 35.5. The maximum Gasteiger partial charge on any atom is 0.244 e. The molecule has 0 saturated carbocycles. The Morgan fingerprint density at radius 1 is 0.927 bits per heavy atom. The first-order valence-electron chi connectivity index (χ1n) is 13.2. The highest BCUT2D eigenvalue weighted by molar-refractivity contribution is 7.92. The third-order valence-corrected chi connectivity index (χ3v) is 8.04. The van der Waals surface area contributed by atoms with E-state index in [1.807, 2.05) is 44.2 Å². The normalized spacial score (nSPS) is 12.1. The zero-order valence-electron chi connectivity index (χ0n) is 23.5. The number of carbonyl (C=O) groups excluding carboxylic acids is 2. The van der Waals surface area contributed by atoms with Crippen LogP contribution < -0.4 is 14.4 Å². The molecule has 2 amide bonds. The summed E-state index contributed by atoms with van der Waals surface area (Å²) in [6.45, 7) is 5.03. The van der Waals surface area contributed by atoms with Crippen molar-refractivity contribution in [1.29, 1.82) is 0 Å². The van der Waals surface area contributed by atoms with Crippen LogP contribution in [0.4, 0.5) is 5.69 Å². The number of ether oxygens (including phenoxy) is 1. The van der Waals surface area contributed by atoms with E-state index in [2.05, 4.69) is 5.32 Å². The number of halogens is 2. The average Bonchev–Trinajstić information content (AvgIpc) is 2.91. The quantitative estimate of drug-likeness (QED) is 0.279. The second-order valence-corrected chi connectivity index (χ2v) is 12.5. The maximum atomic E-state index is 14.2. The molecule has 1 unspecified atom stereocenters. The molecule has 0 fully saturated rings. The van der Waals surface area contributed by atoms with Crippen LogP contribution in [0.25, 0.3) is 0 Å². The maximum absolute atomic E-state index is 14.2. The molecule has 41 heavy (non-hydrogen) atoms. The summed E-state index contributed by atoms with van der Waals surface area (Å²) in [6.07, 6.45) is 1.20. The van der Waals surface area contributed by atoms with E-state index in [1.54, 1.807) is 49.4 Å². The minimum Gasteiger partial charge on any atom is -0.492 e. The van der Waals surface area contributed by atoms with Crippen molar-refractivity contribution >= 4 is 50.7 Å². The molecule has 3 aromatic carbocycles. The fourth-order valence-electron chi connectivity index (χ4n) is 4.32. The zero-order chi connectivity index (χ0) is 30.2. The van der Waals surface area contributed by atoms with E-state index in [4.69, 9.17) is 27.9 Å². The molecule has 0 aromatic heterocycles. The molecule has 1 atom stereocenters. The fraction of sp³-hybridized carbons (Fsp3) is 0.333. The van der Waals surface area contributed by atoms with Gasteiger partial charge in [-0.2, -0.15) is 0 Å². The lowest BCUT2D eigenvalue weighted by Crippen LogP contribution is -2.54. The number of carbonyl (C=O) groups is 2. The summed E-state index contributed by atoms with van der Waals surface area (Å²) < 4.78 is 32.7. The van der Waals surface area contributed by atoms with Gasteiger partial charge in [0.05, 0.1) is 18.6 Å². The molecule has 220 valence electrons. The number of amides is 2. The van der Waals surface area contributed by atoms with Gasteiger partial charge >= 0.3 is 0 Å². The van der Waals surface area contributed by atoms with E-state index < -0.39 is 28.5 Å². The topological polar surface area (TPSA) is 96.0 Å². The molecule has 0 heterocycles. The number of rotatable bonds is 13. The number of sulfonamides is 1. The van der Waals surface area contributed by atoms with E-state index in [-0.39, 0.29) is 30.6 Å². The standard InChI is InChI=1S/C30H35Cl2N3O5S/c1-5-40-28-17-10-9-16-26(28)35(41(4,38)39)20-29(36)34(19-23-24(31)14-11-15-25(23)32)27(30(37)33-21(2)3)18-22-12-7-6-8-13-22/h6-17,21,27H,5,18-20H2,1-4H3,(H,33,37). The summed E-state index contributed by atoms with van der Waals surface area (Å²) in [6, 6.07) is 19.6. The lowest BCUT2D eigenvalue weighted by atomic mass is 10.0. The lowest BCUT2D eigenvalue weighted by molar-refractivity contribution is -0.140. The molecular formula is C30H35Cl2N3O5S. The van der Waals surface area contributed by atoms with Gasteiger partial charge in [0.1, 0.15) is 18.3 Å². The molecule has 0 aliphatic heterocycles. The predicted molar refractivity (Wildman–Crippen MR) is 164 cm³/mol. The first kappa shape index (κ1) is 32.2. The summed E-state index contributed by atoms with van der Waals surface area (Å²) in [5.41, 5.74) is 1.48. The molecule has 3 aromatic rings. The summed E-state index contributed by atoms with van der Waals surface area (Å²) in [4.78, 5) is 29.2. The van der Waals surface area contributed by atoms with Crippen LogP contribution in [0, 0.1) is 0 Å². The smallest absolute Gasteiger partial charge is 0.244 e. The van der Waals surface area contributed by atoms with Gasteiger partial charge in [0.2, 0.25) is 21.8 Å². The largest absolute Gasteiger partial charge is 0.492 e. The van der Waals surface area contributed by atoms with Crippen LogP contribution in [0.3, 0.4) is 0 Å². The monoisotopic (exact) mass is 619 g/mol. The van der Waals surface area contributed by atoms with E-state index in [1.165, 1.54) is 4.90 Å². The van der Waals surface area contributed by atoms with Gasteiger partial charge in [-0.15, -0.1) is 0 Å². The number of hydrogen-bond acceptors (Lipinski definition) is 5. The Kier molecular flexibility index (Phi) is 11.5. The number of hydrogen-bond donors (Lipinski definition) is 1. The summed E-state index contributed by atoms with van der Waals surface area (Å²) >= 11 is 13.0. The van der Waals surface area contributed by atoms with Gasteiger partial charge in [-0.1, -0.05) is 71.7 Å². The zero-order valence-corrected chi connectivity index (χ0v) is 25.8. The first-order valence-corrected chi connectivity index (χ1v) is 15.8. The molecular weight excluding hydrogens is 585 g/mol. The summed E-state index contributed by atoms with van der Waals surface area (Å²) in [5, 5.41) is 3.54. The molecule has 0 radical (unpaired) electrons. The van der Waals surface area contributed by atoms with Crippen molar-refractivity contribution in [1.82, 2.24) is 10.2 Å². The highest BCUT2D eigenvalue weighted by Crippen LogP contribution is 2.31. The van der Waals surface area contributed by atoms with Crippen molar-refractivity contribution in [3.05, 3.63) is 94.0 Å². The van der Waals surface area contributed by atoms with Crippen molar-refractivity contribution in [2.75, 3.05) is 23.7 Å². The van der Waals surface area contributed by atoms with Crippen LogP contribution in [0.1, 0.15) is 31.9 Å². The molecule has 11 heteroatoms. The van der Waals surface area contributed by atoms with Gasteiger partial charge in [-0.25, -0.2) is 8.42 Å². The molecule has 0 saturated heterocycles. The van der Waals surface area contributed by atoms with E-state index in [0.29, 0.717) is 28.0 Å². The highest BCUT2D eigenvalue weighted by Gasteiger charge is 2.34. The molecule has 3 rings (SSSR count). The third kappa shape index (κ3) is 8.86. The van der Waals surface area contributed by atoms with Gasteiger partial charge in [0.15, 0.2) is 0 Å². The Morgan fingerprint density at radius 3 is 2.12 bits per heavy atom. The molecule has 8 nitrogen and oxygen atoms in total. The molecule has 0 spiro atoms. The molecule has 0 aliphatic carbocycles. The van der Waals surface area contributed by atoms with Gasteiger partial charge in [0.25, 0.3) is 0 Å². The van der Waals surface area contributed by atoms with Crippen LogP contribution in [0.5, 0.6) is 5.75 Å². The molecule has 1 N–H and O–H groups in total. The Morgan fingerprint density at radius 2 is 1.54 bits per heavy atom. The number of nitrogens with one attached hydrogen (secondary N) is 1. The Balaban J connectivity index is 2.13. The van der Waals surface area contributed by atoms with Crippen molar-refractivity contribution in [2.45, 2.75) is 45.8 Å². The first-order chi connectivity index (χ1) is 19.4. The fourth-order valence-corrected chi connectivity index (χ4v) is 5.69. The van der Waals surface area contributed by atoms with Crippen molar-refractivity contribution in [2.24, 2.45) is 0 Å². The Hall–Kier alpha value is -3.27. The van der Waals surface area contributed by atoms with Crippen molar-refractivity contribution in [3.8, 4) is 5.75 Å². The molecule has 0 aliphatic rings. The number of benzene rings is 3. The van der Waals surface area contributed by atoms with Crippen molar-refractivity contribution < 1.29 is 22.7 Å². The van der Waals surface area contributed by atoms with E-state index in [9.17, 15) is 18.0 Å². The summed E-state index contributed by atoms with van der Waals surface area (Å²) in [5.74, 6) is -0.689. The van der Waals surface area contributed by atoms with Crippen LogP contribution in [0.15, 0.2) is 72.8 Å². The minimum atomic E-state index is -3.95. The number of nitrogens with zero attached hydrogens (tertiary/aromatic N) is 2. The van der Waals surface area contributed by atoms with Gasteiger partial charge in [-0.3, -0.25) is 13.9 Å². The van der Waals surface area contributed by atoms with Crippen LogP contribution in [-0.2, 0) is 32.6 Å². The van der Waals surface area contributed by atoms with Crippen LogP contribution in [-0.4, -0.2) is 56.6 Å². The Bertz CT molecular complexity index is 1430. The number of anilines is 1. The van der Waals surface area contributed by atoms with Gasteiger partial charge in [-0.05, 0) is 50.6 Å². The SMILES string of the molecule is CCOc1ccccc1N(CC(=O)N(Cc1c(Cl)cccc1Cl)C(Cc1ccccc1)C(=O)NC(C)C)S(C)(=O)=O. The van der Waals surface area contributed by atoms with E-state index in [0.717, 1.165) is 16.1 Å². The third-order valence-electron chi connectivity index (χ3n) is 6.21. The second-order valence-electron chi connectivity index (χ2n) is 9.76. The van der Waals surface area contributed by atoms with E-state index >= 15 is 0 Å². The van der Waals surface area contributed by atoms with Crippen molar-refractivity contribution in [3.63, 3.8) is 0 Å². The predicted octanol–water partition coefficient (Wildman–Crippen LogP) is 5.32. The number of para-hydroxylation sites is 2. The van der Waals surface area contributed by atoms with Crippen LogP contribution in [0.2, 0.25) is 10.0 Å². The Labute approximate surface area is 252 Å². The summed E-state index contributed by atoms with van der Waals surface area (Å²) in [7, 11) is -3.95. The van der Waals surface area contributed by atoms with Gasteiger partial charge in [0, 0.05) is 34.6 Å². The second kappa shape index (κ2) is 14.6. The van der Waals surface area contributed by atoms with Gasteiger partial charge < -0.3 is 15.0 Å².